The van der Waals surface area contributed by atoms with Gasteiger partial charge in [-0.1, -0.05) is 17.4 Å². The number of amides is 2. The second-order valence-electron chi connectivity index (χ2n) is 8.58. The fourth-order valence-electron chi connectivity index (χ4n) is 4.35. The molecule has 1 aliphatic heterocycles. The molecule has 1 aromatic carbocycles. The van der Waals surface area contributed by atoms with Crippen LogP contribution < -0.4 is 10.6 Å². The van der Waals surface area contributed by atoms with E-state index in [4.69, 9.17) is 14.2 Å². The number of nitrogens with zero attached hydrogens (tertiary/aromatic N) is 2. The van der Waals surface area contributed by atoms with Crippen LogP contribution >= 0.6 is 11.3 Å². The van der Waals surface area contributed by atoms with Crippen LogP contribution in [0.4, 0.5) is 15.6 Å². The molecule has 1 saturated heterocycles. The third-order valence-electron chi connectivity index (χ3n) is 6.11. The van der Waals surface area contributed by atoms with E-state index < -0.39 is 11.9 Å². The minimum Gasteiger partial charge on any atom is -0.446 e. The van der Waals surface area contributed by atoms with Crippen LogP contribution in [0.3, 0.4) is 0 Å². The van der Waals surface area contributed by atoms with Crippen molar-refractivity contribution < 1.29 is 23.8 Å². The molecule has 3 heterocycles. The van der Waals surface area contributed by atoms with E-state index in [1.807, 2.05) is 31.2 Å². The number of hydrogen-bond donors (Lipinski definition) is 2. The number of rotatable bonds is 4. The molecule has 10 heteroatoms. The molecule has 0 bridgehead atoms. The molecule has 34 heavy (non-hydrogen) atoms. The SMILES string of the molecule is CC(=O)Nc1nc2ccc(-c3cnc(C)c(NC(=O)OC4CCC5(CC4)OCCO5)c3)cc2s1. The fourth-order valence-corrected chi connectivity index (χ4v) is 5.30. The van der Waals surface area contributed by atoms with Crippen LogP contribution in [-0.2, 0) is 19.0 Å². The van der Waals surface area contributed by atoms with Gasteiger partial charge in [-0.3, -0.25) is 15.1 Å². The van der Waals surface area contributed by atoms with Crippen LogP contribution in [0.15, 0.2) is 30.5 Å². The number of nitrogens with one attached hydrogen (secondary N) is 2. The number of fused-ring (bicyclic) bond motifs is 1. The Morgan fingerprint density at radius 1 is 1.12 bits per heavy atom. The molecule has 9 nitrogen and oxygen atoms in total. The maximum atomic E-state index is 12.6. The number of thiazole rings is 1. The largest absolute Gasteiger partial charge is 0.446 e. The predicted octanol–water partition coefficient (Wildman–Crippen LogP) is 4.86. The Hall–Kier alpha value is -3.08. The first-order chi connectivity index (χ1) is 16.4. The summed E-state index contributed by atoms with van der Waals surface area (Å²) in [7, 11) is 0. The highest BCUT2D eigenvalue weighted by Crippen LogP contribution is 2.37. The lowest BCUT2D eigenvalue weighted by Gasteiger charge is -2.34. The lowest BCUT2D eigenvalue weighted by atomic mass is 9.92. The molecule has 1 saturated carbocycles. The molecular formula is C24H26N4O5S. The van der Waals surface area contributed by atoms with Gasteiger partial charge in [0.25, 0.3) is 0 Å². The molecule has 3 aromatic rings. The van der Waals surface area contributed by atoms with Gasteiger partial charge in [0.15, 0.2) is 10.9 Å². The highest BCUT2D eigenvalue weighted by atomic mass is 32.1. The quantitative estimate of drug-likeness (QED) is 0.546. The fraction of sp³-hybridized carbons (Fsp3) is 0.417. The Balaban J connectivity index is 1.26. The molecule has 2 fully saturated rings. The van der Waals surface area contributed by atoms with Gasteiger partial charge in [0.2, 0.25) is 5.91 Å². The molecule has 0 radical (unpaired) electrons. The molecule has 2 aliphatic rings. The van der Waals surface area contributed by atoms with E-state index in [-0.39, 0.29) is 12.0 Å². The van der Waals surface area contributed by atoms with Gasteiger partial charge in [0, 0.05) is 31.5 Å². The van der Waals surface area contributed by atoms with Crippen molar-refractivity contribution in [2.45, 2.75) is 51.4 Å². The Morgan fingerprint density at radius 2 is 1.88 bits per heavy atom. The number of ether oxygens (including phenoxy) is 3. The molecule has 5 rings (SSSR count). The predicted molar refractivity (Wildman–Crippen MR) is 129 cm³/mol. The van der Waals surface area contributed by atoms with Gasteiger partial charge in [0.1, 0.15) is 6.10 Å². The minimum atomic E-state index is -0.492. The van der Waals surface area contributed by atoms with Crippen LogP contribution in [0.25, 0.3) is 21.3 Å². The first-order valence-electron chi connectivity index (χ1n) is 11.3. The topological polar surface area (TPSA) is 112 Å². The van der Waals surface area contributed by atoms with Crippen molar-refractivity contribution in [2.24, 2.45) is 0 Å². The Bertz CT molecular complexity index is 1230. The molecule has 2 aromatic heterocycles. The maximum Gasteiger partial charge on any atom is 0.411 e. The van der Waals surface area contributed by atoms with Crippen LogP contribution in [-0.4, -0.2) is 47.1 Å². The van der Waals surface area contributed by atoms with Crippen LogP contribution in [0.5, 0.6) is 0 Å². The number of benzene rings is 1. The second-order valence-corrected chi connectivity index (χ2v) is 9.61. The molecule has 1 aliphatic carbocycles. The summed E-state index contributed by atoms with van der Waals surface area (Å²) in [6.45, 7) is 4.55. The molecule has 2 amide bonds. The van der Waals surface area contributed by atoms with E-state index in [0.29, 0.717) is 42.6 Å². The summed E-state index contributed by atoms with van der Waals surface area (Å²) in [6, 6.07) is 7.73. The van der Waals surface area contributed by atoms with Crippen LogP contribution in [0.1, 0.15) is 38.3 Å². The third-order valence-corrected chi connectivity index (χ3v) is 7.04. The monoisotopic (exact) mass is 482 g/mol. The summed E-state index contributed by atoms with van der Waals surface area (Å²) in [6.07, 6.45) is 3.98. The van der Waals surface area contributed by atoms with Gasteiger partial charge in [-0.2, -0.15) is 0 Å². The third kappa shape index (κ3) is 4.89. The number of aryl methyl sites for hydroxylation is 1. The number of carbonyl (C=O) groups is 2. The van der Waals surface area contributed by atoms with Crippen LogP contribution in [0.2, 0.25) is 0 Å². The van der Waals surface area contributed by atoms with E-state index in [0.717, 1.165) is 34.2 Å². The first-order valence-corrected chi connectivity index (χ1v) is 12.1. The van der Waals surface area contributed by atoms with Gasteiger partial charge in [-0.25, -0.2) is 9.78 Å². The lowest BCUT2D eigenvalue weighted by Crippen LogP contribution is -2.38. The number of anilines is 2. The van der Waals surface area contributed by atoms with Gasteiger partial charge in [-0.15, -0.1) is 0 Å². The number of carbonyl (C=O) groups excluding carboxylic acids is 2. The van der Waals surface area contributed by atoms with E-state index in [2.05, 4.69) is 20.6 Å². The van der Waals surface area contributed by atoms with E-state index in [1.54, 1.807) is 6.20 Å². The average molecular weight is 483 g/mol. The lowest BCUT2D eigenvalue weighted by molar-refractivity contribution is -0.187. The first kappa shape index (κ1) is 22.7. The Kier molecular flexibility index (Phi) is 6.20. The smallest absolute Gasteiger partial charge is 0.411 e. The zero-order valence-corrected chi connectivity index (χ0v) is 19.9. The Labute approximate surface area is 200 Å². The van der Waals surface area contributed by atoms with Crippen molar-refractivity contribution in [3.8, 4) is 11.1 Å². The van der Waals surface area contributed by atoms with Crippen molar-refractivity contribution in [1.82, 2.24) is 9.97 Å². The van der Waals surface area contributed by atoms with Gasteiger partial charge >= 0.3 is 6.09 Å². The molecule has 2 N–H and O–H groups in total. The highest BCUT2D eigenvalue weighted by molar-refractivity contribution is 7.22. The van der Waals surface area contributed by atoms with E-state index in [1.165, 1.54) is 18.3 Å². The van der Waals surface area contributed by atoms with Gasteiger partial charge in [0.05, 0.1) is 34.8 Å². The normalized spacial score (nSPS) is 17.7. The number of pyridine rings is 1. The minimum absolute atomic E-state index is 0.155. The average Bonchev–Trinajstić information content (AvgIpc) is 3.42. The van der Waals surface area contributed by atoms with Crippen LogP contribution in [0, 0.1) is 6.92 Å². The van der Waals surface area contributed by atoms with Crippen molar-refractivity contribution in [1.29, 1.82) is 0 Å². The highest BCUT2D eigenvalue weighted by Gasteiger charge is 2.41. The van der Waals surface area contributed by atoms with Crippen molar-refractivity contribution in [3.63, 3.8) is 0 Å². The molecule has 0 unspecified atom stereocenters. The number of aromatic nitrogens is 2. The van der Waals surface area contributed by atoms with Gasteiger partial charge in [-0.05, 0) is 43.5 Å². The summed E-state index contributed by atoms with van der Waals surface area (Å²) < 4.78 is 18.1. The summed E-state index contributed by atoms with van der Waals surface area (Å²) in [4.78, 5) is 32.8. The zero-order chi connectivity index (χ0) is 23.7. The molecule has 178 valence electrons. The summed E-state index contributed by atoms with van der Waals surface area (Å²) in [5.74, 6) is -0.634. The zero-order valence-electron chi connectivity index (χ0n) is 19.1. The summed E-state index contributed by atoms with van der Waals surface area (Å²) in [5.41, 5.74) is 3.89. The molecular weight excluding hydrogens is 456 g/mol. The second kappa shape index (κ2) is 9.28. The maximum absolute atomic E-state index is 12.6. The molecule has 0 atom stereocenters. The summed E-state index contributed by atoms with van der Waals surface area (Å²) in [5, 5.41) is 6.13. The molecule has 1 spiro atoms. The van der Waals surface area contributed by atoms with E-state index >= 15 is 0 Å². The summed E-state index contributed by atoms with van der Waals surface area (Å²) >= 11 is 1.41. The van der Waals surface area contributed by atoms with Crippen molar-refractivity contribution >= 4 is 44.4 Å². The van der Waals surface area contributed by atoms with Gasteiger partial charge < -0.3 is 19.5 Å². The standard InChI is InChI=1S/C24H26N4O5S/c1-14-20(28-23(30)33-18-5-7-24(8-6-18)31-9-10-32-24)11-17(13-25-14)16-3-4-19-21(12-16)34-22(27-19)26-15(2)29/h3-4,11-13,18H,5-10H2,1-2H3,(H,28,30)(H,26,27,29). The van der Waals surface area contributed by atoms with Crippen molar-refractivity contribution in [2.75, 3.05) is 23.8 Å². The Morgan fingerprint density at radius 3 is 2.62 bits per heavy atom. The van der Waals surface area contributed by atoms with Crippen molar-refractivity contribution in [3.05, 3.63) is 36.2 Å². The van der Waals surface area contributed by atoms with E-state index in [9.17, 15) is 9.59 Å². The number of hydrogen-bond acceptors (Lipinski definition) is 8.